The average molecular weight is 302 g/mol. The van der Waals surface area contributed by atoms with Gasteiger partial charge < -0.3 is 16.0 Å². The monoisotopic (exact) mass is 302 g/mol. The van der Waals surface area contributed by atoms with Gasteiger partial charge in [-0.15, -0.1) is 0 Å². The Hall–Kier alpha value is -1.92. The SMILES string of the molecule is N[C@@H]1CN(CC(=O)N2CCNC(=O)C2)C[C@H]1c1ccccc1. The molecule has 2 saturated heterocycles. The molecule has 2 fully saturated rings. The fraction of sp³-hybridized carbons (Fsp3) is 0.500. The number of likely N-dealkylation sites (tertiary alicyclic amines) is 1. The molecule has 0 aliphatic carbocycles. The maximum atomic E-state index is 12.3. The zero-order chi connectivity index (χ0) is 15.5. The maximum Gasteiger partial charge on any atom is 0.239 e. The molecule has 118 valence electrons. The van der Waals surface area contributed by atoms with Crippen molar-refractivity contribution < 1.29 is 9.59 Å². The normalized spacial score (nSPS) is 26.0. The molecular weight excluding hydrogens is 280 g/mol. The first-order valence-corrected chi connectivity index (χ1v) is 7.71. The van der Waals surface area contributed by atoms with Crippen LogP contribution in [0.1, 0.15) is 11.5 Å². The molecule has 2 aliphatic rings. The summed E-state index contributed by atoms with van der Waals surface area (Å²) >= 11 is 0. The quantitative estimate of drug-likeness (QED) is 0.779. The van der Waals surface area contributed by atoms with Gasteiger partial charge in [-0.2, -0.15) is 0 Å². The lowest BCUT2D eigenvalue weighted by molar-refractivity contribution is -0.138. The van der Waals surface area contributed by atoms with Crippen molar-refractivity contribution >= 4 is 11.8 Å². The molecule has 0 radical (unpaired) electrons. The van der Waals surface area contributed by atoms with Gasteiger partial charge in [-0.25, -0.2) is 0 Å². The molecule has 6 heteroatoms. The predicted octanol–water partition coefficient (Wildman–Crippen LogP) is -0.628. The van der Waals surface area contributed by atoms with Crippen LogP contribution in [0.25, 0.3) is 0 Å². The highest BCUT2D eigenvalue weighted by molar-refractivity contribution is 5.86. The highest BCUT2D eigenvalue weighted by Gasteiger charge is 2.33. The van der Waals surface area contributed by atoms with Gasteiger partial charge in [0.2, 0.25) is 11.8 Å². The third-order valence-electron chi connectivity index (χ3n) is 4.42. The van der Waals surface area contributed by atoms with E-state index in [2.05, 4.69) is 22.3 Å². The highest BCUT2D eigenvalue weighted by Crippen LogP contribution is 2.26. The van der Waals surface area contributed by atoms with Crippen LogP contribution in [0.15, 0.2) is 30.3 Å². The lowest BCUT2D eigenvalue weighted by Gasteiger charge is -2.28. The average Bonchev–Trinajstić information content (AvgIpc) is 2.88. The summed E-state index contributed by atoms with van der Waals surface area (Å²) in [6, 6.07) is 10.2. The lowest BCUT2D eigenvalue weighted by Crippen LogP contribution is -2.52. The van der Waals surface area contributed by atoms with E-state index < -0.39 is 0 Å². The second-order valence-electron chi connectivity index (χ2n) is 6.04. The molecule has 0 bridgehead atoms. The largest absolute Gasteiger partial charge is 0.353 e. The van der Waals surface area contributed by atoms with Gasteiger partial charge >= 0.3 is 0 Å². The number of nitrogens with two attached hydrogens (primary N) is 1. The van der Waals surface area contributed by atoms with Crippen molar-refractivity contribution in [1.82, 2.24) is 15.1 Å². The zero-order valence-electron chi connectivity index (χ0n) is 12.6. The summed E-state index contributed by atoms with van der Waals surface area (Å²) in [6.07, 6.45) is 0. The molecule has 2 aliphatic heterocycles. The van der Waals surface area contributed by atoms with Crippen LogP contribution >= 0.6 is 0 Å². The molecule has 0 spiro atoms. The fourth-order valence-electron chi connectivity index (χ4n) is 3.24. The van der Waals surface area contributed by atoms with E-state index in [9.17, 15) is 9.59 Å². The standard InChI is InChI=1S/C16H22N4O2/c17-14-9-19(8-13(14)12-4-2-1-3-5-12)11-16(22)20-7-6-18-15(21)10-20/h1-5,13-14H,6-11,17H2,(H,18,21)/t13-,14+/m0/s1. The van der Waals surface area contributed by atoms with Crippen molar-refractivity contribution in [3.63, 3.8) is 0 Å². The van der Waals surface area contributed by atoms with E-state index in [1.54, 1.807) is 4.90 Å². The number of nitrogens with one attached hydrogen (secondary N) is 1. The van der Waals surface area contributed by atoms with Gasteiger partial charge in [0, 0.05) is 38.1 Å². The number of nitrogens with zero attached hydrogens (tertiary/aromatic N) is 2. The summed E-state index contributed by atoms with van der Waals surface area (Å²) in [6.45, 7) is 3.14. The minimum atomic E-state index is -0.0834. The number of piperazine rings is 1. The van der Waals surface area contributed by atoms with Gasteiger partial charge in [0.05, 0.1) is 13.1 Å². The predicted molar refractivity (Wildman–Crippen MR) is 83.2 cm³/mol. The third-order valence-corrected chi connectivity index (χ3v) is 4.42. The van der Waals surface area contributed by atoms with Crippen molar-refractivity contribution in [3.8, 4) is 0 Å². The Labute approximate surface area is 130 Å². The number of carbonyl (C=O) groups is 2. The van der Waals surface area contributed by atoms with E-state index in [-0.39, 0.29) is 30.3 Å². The maximum absolute atomic E-state index is 12.3. The van der Waals surface area contributed by atoms with Crippen LogP contribution in [-0.2, 0) is 9.59 Å². The molecule has 2 amide bonds. The van der Waals surface area contributed by atoms with Gasteiger partial charge in [0.15, 0.2) is 0 Å². The summed E-state index contributed by atoms with van der Waals surface area (Å²) in [4.78, 5) is 27.4. The second-order valence-corrected chi connectivity index (χ2v) is 6.04. The number of carbonyl (C=O) groups excluding carboxylic acids is 2. The van der Waals surface area contributed by atoms with Gasteiger partial charge in [-0.1, -0.05) is 30.3 Å². The zero-order valence-corrected chi connectivity index (χ0v) is 12.6. The Morgan fingerprint density at radius 3 is 2.77 bits per heavy atom. The molecule has 3 N–H and O–H groups in total. The molecule has 0 saturated carbocycles. The van der Waals surface area contributed by atoms with E-state index in [0.29, 0.717) is 26.2 Å². The van der Waals surface area contributed by atoms with Crippen LogP contribution < -0.4 is 11.1 Å². The lowest BCUT2D eigenvalue weighted by atomic mass is 9.95. The molecule has 2 atom stereocenters. The fourth-order valence-corrected chi connectivity index (χ4v) is 3.24. The summed E-state index contributed by atoms with van der Waals surface area (Å²) in [5.41, 5.74) is 7.47. The Bertz CT molecular complexity index is 548. The first-order chi connectivity index (χ1) is 10.6. The molecule has 1 aromatic carbocycles. The van der Waals surface area contributed by atoms with Crippen LogP contribution in [0.4, 0.5) is 0 Å². The first-order valence-electron chi connectivity index (χ1n) is 7.71. The molecule has 0 unspecified atom stereocenters. The Morgan fingerprint density at radius 1 is 1.27 bits per heavy atom. The molecule has 6 nitrogen and oxygen atoms in total. The minimum absolute atomic E-state index is 0.00996. The molecule has 2 heterocycles. The number of benzene rings is 1. The summed E-state index contributed by atoms with van der Waals surface area (Å²) in [5, 5.41) is 2.73. The number of hydrogen-bond donors (Lipinski definition) is 2. The van der Waals surface area contributed by atoms with Gasteiger partial charge in [0.25, 0.3) is 0 Å². The number of hydrogen-bond acceptors (Lipinski definition) is 4. The van der Waals surface area contributed by atoms with Crippen molar-refractivity contribution in [3.05, 3.63) is 35.9 Å². The molecule has 22 heavy (non-hydrogen) atoms. The van der Waals surface area contributed by atoms with Crippen molar-refractivity contribution in [2.75, 3.05) is 39.3 Å². The van der Waals surface area contributed by atoms with Crippen LogP contribution in [0, 0.1) is 0 Å². The number of rotatable bonds is 3. The Morgan fingerprint density at radius 2 is 2.05 bits per heavy atom. The molecule has 1 aromatic rings. The molecular formula is C16H22N4O2. The van der Waals surface area contributed by atoms with E-state index in [1.165, 1.54) is 5.56 Å². The van der Waals surface area contributed by atoms with Crippen LogP contribution in [0.2, 0.25) is 0 Å². The van der Waals surface area contributed by atoms with Crippen LogP contribution in [0.3, 0.4) is 0 Å². The van der Waals surface area contributed by atoms with Crippen LogP contribution in [-0.4, -0.2) is 66.9 Å². The second kappa shape index (κ2) is 6.46. The molecule has 3 rings (SSSR count). The topological polar surface area (TPSA) is 78.7 Å². The van der Waals surface area contributed by atoms with E-state index >= 15 is 0 Å². The summed E-state index contributed by atoms with van der Waals surface area (Å²) in [5.74, 6) is 0.189. The first kappa shape index (κ1) is 15.0. The minimum Gasteiger partial charge on any atom is -0.353 e. The summed E-state index contributed by atoms with van der Waals surface area (Å²) in [7, 11) is 0. The Kier molecular flexibility index (Phi) is 4.40. The van der Waals surface area contributed by atoms with Crippen molar-refractivity contribution in [2.24, 2.45) is 5.73 Å². The van der Waals surface area contributed by atoms with E-state index in [1.807, 2.05) is 18.2 Å². The van der Waals surface area contributed by atoms with Crippen LogP contribution in [0.5, 0.6) is 0 Å². The van der Waals surface area contributed by atoms with E-state index in [4.69, 9.17) is 5.73 Å². The molecule has 0 aromatic heterocycles. The van der Waals surface area contributed by atoms with Crippen molar-refractivity contribution in [1.29, 1.82) is 0 Å². The van der Waals surface area contributed by atoms with E-state index in [0.717, 1.165) is 6.54 Å². The van der Waals surface area contributed by atoms with Gasteiger partial charge in [-0.05, 0) is 5.56 Å². The number of amides is 2. The highest BCUT2D eigenvalue weighted by atomic mass is 16.2. The smallest absolute Gasteiger partial charge is 0.239 e. The van der Waals surface area contributed by atoms with Crippen molar-refractivity contribution in [2.45, 2.75) is 12.0 Å². The Balaban J connectivity index is 1.58. The third kappa shape index (κ3) is 3.28. The van der Waals surface area contributed by atoms with Gasteiger partial charge in [0.1, 0.15) is 0 Å². The summed E-state index contributed by atoms with van der Waals surface area (Å²) < 4.78 is 0. The van der Waals surface area contributed by atoms with Gasteiger partial charge in [-0.3, -0.25) is 14.5 Å².